The van der Waals surface area contributed by atoms with Crippen LogP contribution in [0.5, 0.6) is 0 Å². The van der Waals surface area contributed by atoms with Gasteiger partial charge in [0.1, 0.15) is 0 Å². The van der Waals surface area contributed by atoms with Crippen molar-refractivity contribution in [2.24, 2.45) is 5.92 Å². The van der Waals surface area contributed by atoms with Gasteiger partial charge in [0.2, 0.25) is 5.91 Å². The van der Waals surface area contributed by atoms with Crippen LogP contribution < -0.4 is 5.32 Å². The smallest absolute Gasteiger partial charge is 0.325 e. The number of anilines is 1. The van der Waals surface area contributed by atoms with E-state index >= 15 is 0 Å². The van der Waals surface area contributed by atoms with E-state index in [0.29, 0.717) is 10.9 Å². The molecule has 3 rings (SSSR count). The number of hydrogen-bond donors (Lipinski definition) is 1. The number of fused-ring (bicyclic) bond motifs is 3. The third-order valence-corrected chi connectivity index (χ3v) is 3.91. The Balaban J connectivity index is 2.23. The van der Waals surface area contributed by atoms with Crippen LogP contribution in [0.3, 0.4) is 0 Å². The van der Waals surface area contributed by atoms with Gasteiger partial charge in [-0.15, -0.1) is 0 Å². The van der Waals surface area contributed by atoms with E-state index in [1.807, 2.05) is 0 Å². The number of alkyl halides is 3. The summed E-state index contributed by atoms with van der Waals surface area (Å²) < 4.78 is 39.1. The minimum absolute atomic E-state index is 0.178. The van der Waals surface area contributed by atoms with Gasteiger partial charge in [0, 0.05) is 10.4 Å². The highest BCUT2D eigenvalue weighted by molar-refractivity contribution is 9.10. The first-order valence-corrected chi connectivity index (χ1v) is 5.89. The molecular weight excluding hydrogens is 299 g/mol. The molecular formula is C11H7BrF3NO. The fourth-order valence-electron chi connectivity index (χ4n) is 2.37. The molecule has 17 heavy (non-hydrogen) atoms. The minimum Gasteiger partial charge on any atom is -0.325 e. The van der Waals surface area contributed by atoms with Crippen LogP contribution in [-0.2, 0) is 11.0 Å². The van der Waals surface area contributed by atoms with Gasteiger partial charge in [-0.25, -0.2) is 0 Å². The average Bonchev–Trinajstić information content (AvgIpc) is 2.98. The Hall–Kier alpha value is -1.04. The van der Waals surface area contributed by atoms with Gasteiger partial charge >= 0.3 is 6.18 Å². The Morgan fingerprint density at radius 3 is 2.65 bits per heavy atom. The van der Waals surface area contributed by atoms with Crippen LogP contribution in [0.1, 0.15) is 23.5 Å². The number of rotatable bonds is 0. The predicted molar refractivity (Wildman–Crippen MR) is 58.6 cm³/mol. The topological polar surface area (TPSA) is 29.1 Å². The number of halogens is 4. The number of carbonyl (C=O) groups is 1. The lowest BCUT2D eigenvalue weighted by molar-refractivity contribution is -0.138. The number of amides is 1. The van der Waals surface area contributed by atoms with Crippen molar-refractivity contribution in [1.82, 2.24) is 0 Å². The quantitative estimate of drug-likeness (QED) is 0.780. The highest BCUT2D eigenvalue weighted by Gasteiger charge is 2.52. The van der Waals surface area contributed by atoms with Crippen LogP contribution >= 0.6 is 15.9 Å². The summed E-state index contributed by atoms with van der Waals surface area (Å²) in [6.45, 7) is 0. The van der Waals surface area contributed by atoms with E-state index in [0.717, 1.165) is 6.07 Å². The molecule has 1 aromatic carbocycles. The molecule has 1 aliphatic carbocycles. The standard InChI is InChI=1S/C11H7BrF3NO/c12-7-2-1-6(11(13,14)15)8-4-3-5(4)10(17)16-9(7)8/h1-2,4-5H,3H2,(H,16,17). The van der Waals surface area contributed by atoms with Crippen molar-refractivity contribution in [3.05, 3.63) is 27.7 Å². The van der Waals surface area contributed by atoms with Crippen molar-refractivity contribution in [3.63, 3.8) is 0 Å². The summed E-state index contributed by atoms with van der Waals surface area (Å²) in [7, 11) is 0. The number of carbonyl (C=O) groups excluding carboxylic acids is 1. The lowest BCUT2D eigenvalue weighted by Crippen LogP contribution is -2.23. The highest BCUT2D eigenvalue weighted by Crippen LogP contribution is 2.57. The molecule has 0 spiro atoms. The van der Waals surface area contributed by atoms with E-state index in [4.69, 9.17) is 0 Å². The summed E-state index contributed by atoms with van der Waals surface area (Å²) in [5.74, 6) is -0.728. The zero-order valence-electron chi connectivity index (χ0n) is 8.44. The van der Waals surface area contributed by atoms with E-state index in [2.05, 4.69) is 21.2 Å². The molecule has 1 fully saturated rings. The largest absolute Gasteiger partial charge is 0.416 e. The Morgan fingerprint density at radius 1 is 1.29 bits per heavy atom. The second kappa shape index (κ2) is 3.25. The molecule has 2 atom stereocenters. The molecule has 1 aliphatic heterocycles. The zero-order valence-corrected chi connectivity index (χ0v) is 10.0. The summed E-state index contributed by atoms with van der Waals surface area (Å²) in [6, 6.07) is 2.39. The lowest BCUT2D eigenvalue weighted by atomic mass is 9.96. The van der Waals surface area contributed by atoms with Crippen LogP contribution in [0.2, 0.25) is 0 Å². The molecule has 1 amide bonds. The van der Waals surface area contributed by atoms with E-state index in [1.54, 1.807) is 0 Å². The van der Waals surface area contributed by atoms with Crippen molar-refractivity contribution in [3.8, 4) is 0 Å². The maximum Gasteiger partial charge on any atom is 0.416 e. The van der Waals surface area contributed by atoms with Crippen LogP contribution in [0, 0.1) is 5.92 Å². The summed E-state index contributed by atoms with van der Waals surface area (Å²) in [6.07, 6.45) is -3.86. The van der Waals surface area contributed by atoms with E-state index in [9.17, 15) is 18.0 Å². The fraction of sp³-hybridized carbons (Fsp3) is 0.364. The van der Waals surface area contributed by atoms with Crippen LogP contribution in [0.4, 0.5) is 18.9 Å². The molecule has 0 radical (unpaired) electrons. The third kappa shape index (κ3) is 1.57. The maximum absolute atomic E-state index is 12.9. The molecule has 0 aromatic heterocycles. The molecule has 90 valence electrons. The number of hydrogen-bond acceptors (Lipinski definition) is 1. The van der Waals surface area contributed by atoms with Crippen molar-refractivity contribution in [2.45, 2.75) is 18.5 Å². The van der Waals surface area contributed by atoms with E-state index in [1.165, 1.54) is 6.07 Å². The average molecular weight is 306 g/mol. The molecule has 2 aliphatic rings. The Bertz CT molecular complexity index is 526. The Morgan fingerprint density at radius 2 is 2.00 bits per heavy atom. The monoisotopic (exact) mass is 305 g/mol. The fourth-order valence-corrected chi connectivity index (χ4v) is 2.82. The van der Waals surface area contributed by atoms with Crippen molar-refractivity contribution in [2.75, 3.05) is 5.32 Å². The third-order valence-electron chi connectivity index (χ3n) is 3.25. The summed E-state index contributed by atoms with van der Waals surface area (Å²) in [5, 5.41) is 2.55. The second-order valence-electron chi connectivity index (χ2n) is 4.32. The number of benzene rings is 1. The molecule has 1 saturated carbocycles. The zero-order chi connectivity index (χ0) is 12.4. The molecule has 1 aromatic rings. The normalized spacial score (nSPS) is 26.0. The Kier molecular flexibility index (Phi) is 2.12. The van der Waals surface area contributed by atoms with Gasteiger partial charge in [-0.05, 0) is 46.0 Å². The molecule has 2 unspecified atom stereocenters. The van der Waals surface area contributed by atoms with Gasteiger partial charge in [0.25, 0.3) is 0 Å². The van der Waals surface area contributed by atoms with E-state index in [-0.39, 0.29) is 29.0 Å². The van der Waals surface area contributed by atoms with Crippen molar-refractivity contribution >= 4 is 27.5 Å². The highest BCUT2D eigenvalue weighted by atomic mass is 79.9. The summed E-state index contributed by atoms with van der Waals surface area (Å²) in [4.78, 5) is 11.5. The molecule has 0 saturated heterocycles. The van der Waals surface area contributed by atoms with Crippen LogP contribution in [0.15, 0.2) is 16.6 Å². The SMILES string of the molecule is O=C1Nc2c(Br)ccc(C(F)(F)F)c2C2CC12. The van der Waals surface area contributed by atoms with Gasteiger partial charge in [-0.1, -0.05) is 0 Å². The molecule has 1 N–H and O–H groups in total. The van der Waals surface area contributed by atoms with Crippen LogP contribution in [0.25, 0.3) is 0 Å². The number of nitrogens with one attached hydrogen (secondary N) is 1. The van der Waals surface area contributed by atoms with Crippen LogP contribution in [-0.4, -0.2) is 5.91 Å². The maximum atomic E-state index is 12.9. The summed E-state index contributed by atoms with van der Waals surface area (Å²) >= 11 is 3.17. The molecule has 6 heteroatoms. The summed E-state index contributed by atoms with van der Waals surface area (Å²) in [5.41, 5.74) is -0.122. The predicted octanol–water partition coefficient (Wildman–Crippen LogP) is 3.52. The first kappa shape index (κ1) is 11.1. The minimum atomic E-state index is -4.38. The van der Waals surface area contributed by atoms with E-state index < -0.39 is 11.7 Å². The second-order valence-corrected chi connectivity index (χ2v) is 5.17. The van der Waals surface area contributed by atoms with Gasteiger partial charge in [0.15, 0.2) is 0 Å². The van der Waals surface area contributed by atoms with Gasteiger partial charge in [-0.2, -0.15) is 13.2 Å². The van der Waals surface area contributed by atoms with Crippen molar-refractivity contribution in [1.29, 1.82) is 0 Å². The lowest BCUT2D eigenvalue weighted by Gasteiger charge is -2.22. The van der Waals surface area contributed by atoms with Gasteiger partial charge in [0.05, 0.1) is 11.3 Å². The van der Waals surface area contributed by atoms with Crippen molar-refractivity contribution < 1.29 is 18.0 Å². The van der Waals surface area contributed by atoms with Gasteiger partial charge < -0.3 is 5.32 Å². The molecule has 0 bridgehead atoms. The Labute approximate surface area is 103 Å². The van der Waals surface area contributed by atoms with Gasteiger partial charge in [-0.3, -0.25) is 4.79 Å². The molecule has 1 heterocycles. The first-order valence-electron chi connectivity index (χ1n) is 5.10. The first-order chi connectivity index (χ1) is 7.89. The molecule has 2 nitrogen and oxygen atoms in total.